The van der Waals surface area contributed by atoms with Crippen LogP contribution in [-0.4, -0.2) is 27.9 Å². The minimum absolute atomic E-state index is 0.466. The molecule has 1 N–H and O–H groups in total. The lowest BCUT2D eigenvalue weighted by molar-refractivity contribution is 0.526. The maximum Gasteiger partial charge on any atom is 0.108 e. The molecule has 0 aliphatic rings. The molecule has 1 aromatic carbocycles. The molecule has 0 aliphatic heterocycles. The lowest BCUT2D eigenvalue weighted by atomic mass is 10.2. The summed E-state index contributed by atoms with van der Waals surface area (Å²) in [6, 6.07) is 8.49. The molecule has 2 rings (SSSR count). The highest BCUT2D eigenvalue weighted by molar-refractivity contribution is 7.99. The fraction of sp³-hybridized carbons (Fsp3) is 0.438. The molecule has 3 nitrogen and oxygen atoms in total. The Kier molecular flexibility index (Phi) is 6.61. The summed E-state index contributed by atoms with van der Waals surface area (Å²) in [6.45, 7) is 3.13. The lowest BCUT2D eigenvalue weighted by Crippen LogP contribution is -2.31. The molecule has 114 valence electrons. The second-order valence-electron chi connectivity index (χ2n) is 4.99. The molecule has 0 amide bonds. The van der Waals surface area contributed by atoms with Crippen molar-refractivity contribution in [1.82, 2.24) is 14.9 Å². The van der Waals surface area contributed by atoms with E-state index < -0.39 is 0 Å². The SMILES string of the molecule is CCNC(CCc1nccn1C)CSc1ccccc1Cl. The van der Waals surface area contributed by atoms with Gasteiger partial charge in [-0.3, -0.25) is 0 Å². The maximum atomic E-state index is 6.21. The van der Waals surface area contributed by atoms with Crippen molar-refractivity contribution >= 4 is 23.4 Å². The van der Waals surface area contributed by atoms with Crippen molar-refractivity contribution in [3.05, 3.63) is 47.5 Å². The van der Waals surface area contributed by atoms with E-state index in [1.54, 1.807) is 0 Å². The predicted molar refractivity (Wildman–Crippen MR) is 91.2 cm³/mol. The second kappa shape index (κ2) is 8.47. The number of benzene rings is 1. The van der Waals surface area contributed by atoms with Crippen LogP contribution in [0.1, 0.15) is 19.2 Å². The molecule has 1 atom stereocenters. The first-order chi connectivity index (χ1) is 10.2. The minimum Gasteiger partial charge on any atom is -0.338 e. The van der Waals surface area contributed by atoms with Crippen LogP contribution in [0.5, 0.6) is 0 Å². The van der Waals surface area contributed by atoms with Crippen molar-refractivity contribution in [2.75, 3.05) is 12.3 Å². The minimum atomic E-state index is 0.466. The Morgan fingerprint density at radius 3 is 2.86 bits per heavy atom. The molecule has 0 fully saturated rings. The Bertz CT molecular complexity index is 556. The van der Waals surface area contributed by atoms with Gasteiger partial charge in [0.1, 0.15) is 5.82 Å². The smallest absolute Gasteiger partial charge is 0.108 e. The number of aryl methyl sites for hydroxylation is 2. The molecule has 0 spiro atoms. The van der Waals surface area contributed by atoms with E-state index in [0.29, 0.717) is 6.04 Å². The monoisotopic (exact) mass is 323 g/mol. The second-order valence-corrected chi connectivity index (χ2v) is 6.46. The zero-order valence-electron chi connectivity index (χ0n) is 12.6. The summed E-state index contributed by atoms with van der Waals surface area (Å²) in [7, 11) is 2.04. The highest BCUT2D eigenvalue weighted by Gasteiger charge is 2.11. The number of nitrogens with one attached hydrogen (secondary N) is 1. The Morgan fingerprint density at radius 2 is 2.19 bits per heavy atom. The molecule has 0 aliphatic carbocycles. The molecule has 1 heterocycles. The number of rotatable bonds is 8. The van der Waals surface area contributed by atoms with E-state index >= 15 is 0 Å². The average Bonchev–Trinajstić information content (AvgIpc) is 2.89. The van der Waals surface area contributed by atoms with Gasteiger partial charge in [0.15, 0.2) is 0 Å². The summed E-state index contributed by atoms with van der Waals surface area (Å²) in [4.78, 5) is 5.54. The van der Waals surface area contributed by atoms with Gasteiger partial charge >= 0.3 is 0 Å². The number of hydrogen-bond acceptors (Lipinski definition) is 3. The van der Waals surface area contributed by atoms with Crippen LogP contribution in [-0.2, 0) is 13.5 Å². The van der Waals surface area contributed by atoms with Gasteiger partial charge in [-0.1, -0.05) is 30.7 Å². The van der Waals surface area contributed by atoms with Crippen molar-refractivity contribution < 1.29 is 0 Å². The molecule has 0 saturated carbocycles. The summed E-state index contributed by atoms with van der Waals surface area (Å²) in [6.07, 6.45) is 5.92. The Morgan fingerprint density at radius 1 is 1.38 bits per heavy atom. The zero-order chi connectivity index (χ0) is 15.1. The van der Waals surface area contributed by atoms with E-state index in [1.165, 1.54) is 0 Å². The number of nitrogens with zero attached hydrogens (tertiary/aromatic N) is 2. The average molecular weight is 324 g/mol. The van der Waals surface area contributed by atoms with Crippen LogP contribution in [0.2, 0.25) is 5.02 Å². The van der Waals surface area contributed by atoms with E-state index in [-0.39, 0.29) is 0 Å². The van der Waals surface area contributed by atoms with E-state index in [1.807, 2.05) is 49.4 Å². The van der Waals surface area contributed by atoms with Gasteiger partial charge in [0.05, 0.1) is 5.02 Å². The molecule has 0 radical (unpaired) electrons. The first-order valence-corrected chi connectivity index (χ1v) is 8.64. The van der Waals surface area contributed by atoms with Gasteiger partial charge in [-0.15, -0.1) is 11.8 Å². The normalized spacial score (nSPS) is 12.5. The van der Waals surface area contributed by atoms with E-state index in [0.717, 1.165) is 40.9 Å². The molecular formula is C16H22ClN3S. The Labute approximate surface area is 136 Å². The fourth-order valence-electron chi connectivity index (χ4n) is 2.23. The van der Waals surface area contributed by atoms with Crippen LogP contribution < -0.4 is 5.32 Å². The predicted octanol–water partition coefficient (Wildman–Crippen LogP) is 3.78. The molecule has 5 heteroatoms. The van der Waals surface area contributed by atoms with Gasteiger partial charge in [0.2, 0.25) is 0 Å². The molecule has 0 bridgehead atoms. The van der Waals surface area contributed by atoms with Crippen LogP contribution in [0.25, 0.3) is 0 Å². The summed E-state index contributed by atoms with van der Waals surface area (Å²) in [5.41, 5.74) is 0. The van der Waals surface area contributed by atoms with Gasteiger partial charge < -0.3 is 9.88 Å². The van der Waals surface area contributed by atoms with Crippen LogP contribution in [0.3, 0.4) is 0 Å². The van der Waals surface area contributed by atoms with Crippen LogP contribution >= 0.6 is 23.4 Å². The van der Waals surface area contributed by atoms with Crippen molar-refractivity contribution in [2.45, 2.75) is 30.7 Å². The first kappa shape index (κ1) is 16.4. The Hall–Kier alpha value is -0.970. The van der Waals surface area contributed by atoms with Gasteiger partial charge in [0, 0.05) is 42.6 Å². The first-order valence-electron chi connectivity index (χ1n) is 7.27. The van der Waals surface area contributed by atoms with Gasteiger partial charge in [0.25, 0.3) is 0 Å². The molecule has 1 unspecified atom stereocenters. The lowest BCUT2D eigenvalue weighted by Gasteiger charge is -2.17. The standard InChI is InChI=1S/C16H22ClN3S/c1-3-18-13(8-9-16-19-10-11-20(16)2)12-21-15-7-5-4-6-14(15)17/h4-7,10-11,13,18H,3,8-9,12H2,1-2H3. The van der Waals surface area contributed by atoms with Crippen molar-refractivity contribution in [2.24, 2.45) is 7.05 Å². The van der Waals surface area contributed by atoms with Gasteiger partial charge in [-0.2, -0.15) is 0 Å². The summed E-state index contributed by atoms with van der Waals surface area (Å²) < 4.78 is 2.09. The maximum absolute atomic E-state index is 6.21. The van der Waals surface area contributed by atoms with Crippen LogP contribution in [0.4, 0.5) is 0 Å². The molecule has 0 saturated heterocycles. The van der Waals surface area contributed by atoms with Gasteiger partial charge in [-0.05, 0) is 25.1 Å². The molecule has 2 aromatic rings. The van der Waals surface area contributed by atoms with Crippen molar-refractivity contribution in [1.29, 1.82) is 0 Å². The fourth-order valence-corrected chi connectivity index (χ4v) is 3.57. The largest absolute Gasteiger partial charge is 0.338 e. The van der Waals surface area contributed by atoms with E-state index in [4.69, 9.17) is 11.6 Å². The summed E-state index contributed by atoms with van der Waals surface area (Å²) >= 11 is 8.02. The number of thioether (sulfide) groups is 1. The van der Waals surface area contributed by atoms with E-state index in [2.05, 4.69) is 27.9 Å². The third-order valence-electron chi connectivity index (χ3n) is 3.41. The third kappa shape index (κ3) is 5.06. The number of aromatic nitrogens is 2. The van der Waals surface area contributed by atoms with E-state index in [9.17, 15) is 0 Å². The number of halogens is 1. The summed E-state index contributed by atoms with van der Waals surface area (Å²) in [5.74, 6) is 2.16. The number of imidazole rings is 1. The van der Waals surface area contributed by atoms with Gasteiger partial charge in [-0.25, -0.2) is 4.98 Å². The third-order valence-corrected chi connectivity index (χ3v) is 5.08. The molecular weight excluding hydrogens is 302 g/mol. The van der Waals surface area contributed by atoms with Crippen molar-refractivity contribution in [3.8, 4) is 0 Å². The Balaban J connectivity index is 1.87. The molecule has 1 aromatic heterocycles. The topological polar surface area (TPSA) is 29.9 Å². The quantitative estimate of drug-likeness (QED) is 0.750. The highest BCUT2D eigenvalue weighted by Crippen LogP contribution is 2.27. The van der Waals surface area contributed by atoms with Crippen LogP contribution in [0, 0.1) is 0 Å². The highest BCUT2D eigenvalue weighted by atomic mass is 35.5. The summed E-state index contributed by atoms with van der Waals surface area (Å²) in [5, 5.41) is 4.39. The van der Waals surface area contributed by atoms with Crippen molar-refractivity contribution in [3.63, 3.8) is 0 Å². The molecule has 21 heavy (non-hydrogen) atoms. The number of hydrogen-bond donors (Lipinski definition) is 1. The van der Waals surface area contributed by atoms with Crippen LogP contribution in [0.15, 0.2) is 41.6 Å². The zero-order valence-corrected chi connectivity index (χ0v) is 14.1.